The maximum Gasteiger partial charge on any atom is 0.108 e. The van der Waals surface area contributed by atoms with Gasteiger partial charge < -0.3 is 14.9 Å². The average molecular weight is 470 g/mol. The Morgan fingerprint density at radius 1 is 0.576 bits per heavy atom. The van der Waals surface area contributed by atoms with Crippen LogP contribution in [0.5, 0.6) is 0 Å². The molecule has 0 aromatic heterocycles. The van der Waals surface area contributed by atoms with Gasteiger partial charge in [0.1, 0.15) is 6.10 Å². The number of hydrogen-bond acceptors (Lipinski definition) is 4. The lowest BCUT2D eigenvalue weighted by Crippen LogP contribution is -2.56. The third-order valence-corrected chi connectivity index (χ3v) is 7.32. The molecule has 0 unspecified atom stereocenters. The Hall–Kier alpha value is -0.160. The van der Waals surface area contributed by atoms with E-state index in [1.807, 2.05) is 0 Å². The summed E-state index contributed by atoms with van der Waals surface area (Å²) in [7, 11) is 0. The fourth-order valence-electron chi connectivity index (χ4n) is 5.04. The first-order chi connectivity index (χ1) is 16.2. The zero-order valence-electron chi connectivity index (χ0n) is 22.5. The van der Waals surface area contributed by atoms with E-state index in [1.54, 1.807) is 0 Å². The summed E-state index contributed by atoms with van der Waals surface area (Å²) in [5.74, 6) is 0. The van der Waals surface area contributed by atoms with Crippen molar-refractivity contribution in [3.8, 4) is 0 Å². The Bertz CT molecular complexity index is 406. The normalized spacial score (nSPS) is 21.6. The van der Waals surface area contributed by atoms with Crippen molar-refractivity contribution in [1.29, 1.82) is 0 Å². The molecule has 4 heteroatoms. The molecule has 1 saturated heterocycles. The van der Waals surface area contributed by atoms with Crippen molar-refractivity contribution in [2.24, 2.45) is 0 Å². The average Bonchev–Trinajstić information content (AvgIpc) is 2.81. The molecule has 1 fully saturated rings. The summed E-state index contributed by atoms with van der Waals surface area (Å²) in [4.78, 5) is 2.30. The lowest BCUT2D eigenvalue weighted by Gasteiger charge is -2.39. The van der Waals surface area contributed by atoms with Crippen molar-refractivity contribution in [3.63, 3.8) is 0 Å². The van der Waals surface area contributed by atoms with Crippen LogP contribution >= 0.6 is 0 Å². The predicted molar refractivity (Wildman–Crippen MR) is 142 cm³/mol. The molecule has 0 aromatic rings. The van der Waals surface area contributed by atoms with Gasteiger partial charge in [-0.15, -0.1) is 0 Å². The van der Waals surface area contributed by atoms with Crippen LogP contribution in [-0.4, -0.2) is 59.7 Å². The molecule has 3 atom stereocenters. The van der Waals surface area contributed by atoms with Gasteiger partial charge in [-0.1, -0.05) is 129 Å². The molecule has 0 aromatic carbocycles. The fraction of sp³-hybridized carbons (Fsp3) is 1.00. The topological polar surface area (TPSA) is 52.9 Å². The van der Waals surface area contributed by atoms with Gasteiger partial charge in [0.15, 0.2) is 0 Å². The number of aliphatic hydroxyl groups is 2. The third kappa shape index (κ3) is 17.0. The minimum Gasteiger partial charge on any atom is -0.389 e. The second-order valence-electron chi connectivity index (χ2n) is 10.6. The highest BCUT2D eigenvalue weighted by Crippen LogP contribution is 2.18. The van der Waals surface area contributed by atoms with E-state index in [9.17, 15) is 10.2 Å². The first kappa shape index (κ1) is 30.9. The number of β-amino-alcohol motifs (C(OH)–C–C–N with tert-alkyl or cyclic N) is 1. The predicted octanol–water partition coefficient (Wildman–Crippen LogP) is 7.25. The smallest absolute Gasteiger partial charge is 0.108 e. The lowest BCUT2D eigenvalue weighted by atomic mass is 10.0. The van der Waals surface area contributed by atoms with Crippen LogP contribution in [0.4, 0.5) is 0 Å². The molecule has 33 heavy (non-hydrogen) atoms. The van der Waals surface area contributed by atoms with Gasteiger partial charge in [-0.3, -0.25) is 4.90 Å². The van der Waals surface area contributed by atoms with Crippen LogP contribution in [0.2, 0.25) is 0 Å². The second kappa shape index (κ2) is 22.3. The largest absolute Gasteiger partial charge is 0.389 e. The Morgan fingerprint density at radius 2 is 1.00 bits per heavy atom. The molecule has 1 rings (SSSR count). The Balaban J connectivity index is 2.01. The van der Waals surface area contributed by atoms with Gasteiger partial charge in [-0.2, -0.15) is 0 Å². The molecule has 4 nitrogen and oxygen atoms in total. The van der Waals surface area contributed by atoms with E-state index in [1.165, 1.54) is 122 Å². The van der Waals surface area contributed by atoms with Crippen LogP contribution in [0.1, 0.15) is 142 Å². The maximum atomic E-state index is 10.4. The van der Waals surface area contributed by atoms with Crippen molar-refractivity contribution in [2.75, 3.05) is 26.2 Å². The van der Waals surface area contributed by atoms with E-state index in [2.05, 4.69) is 18.7 Å². The highest BCUT2D eigenvalue weighted by Gasteiger charge is 2.34. The SMILES string of the molecule is CCCCCCCCCCCCO[C@H]1CN(CCCCCCCCCCCC)C[C@@H](O)[C@@H]1O. The van der Waals surface area contributed by atoms with E-state index in [4.69, 9.17) is 4.74 Å². The molecule has 0 spiro atoms. The van der Waals surface area contributed by atoms with Gasteiger partial charge in [-0.25, -0.2) is 0 Å². The summed E-state index contributed by atoms with van der Waals surface area (Å²) in [5, 5.41) is 20.6. The van der Waals surface area contributed by atoms with Crippen LogP contribution < -0.4 is 0 Å². The Labute approximate surface area is 206 Å². The molecule has 1 aliphatic rings. The molecule has 2 N–H and O–H groups in total. The van der Waals surface area contributed by atoms with Gasteiger partial charge >= 0.3 is 0 Å². The molecule has 0 aliphatic carbocycles. The number of nitrogens with zero attached hydrogens (tertiary/aromatic N) is 1. The van der Waals surface area contributed by atoms with Crippen molar-refractivity contribution in [1.82, 2.24) is 4.90 Å². The van der Waals surface area contributed by atoms with Crippen LogP contribution in [0.3, 0.4) is 0 Å². The second-order valence-corrected chi connectivity index (χ2v) is 10.6. The van der Waals surface area contributed by atoms with Gasteiger partial charge in [0.25, 0.3) is 0 Å². The molecule has 0 bridgehead atoms. The molecular formula is C29H59NO3. The summed E-state index contributed by atoms with van der Waals surface area (Å²) in [5.41, 5.74) is 0. The number of ether oxygens (including phenoxy) is 1. The Kier molecular flexibility index (Phi) is 20.9. The molecule has 0 amide bonds. The van der Waals surface area contributed by atoms with Gasteiger partial charge in [0.05, 0.1) is 12.2 Å². The maximum absolute atomic E-state index is 10.4. The van der Waals surface area contributed by atoms with E-state index in [0.29, 0.717) is 13.2 Å². The summed E-state index contributed by atoms with van der Waals surface area (Å²) in [6.45, 7) is 7.60. The van der Waals surface area contributed by atoms with E-state index in [-0.39, 0.29) is 6.10 Å². The van der Waals surface area contributed by atoms with Crippen LogP contribution in [0.15, 0.2) is 0 Å². The third-order valence-electron chi connectivity index (χ3n) is 7.32. The number of aliphatic hydroxyl groups excluding tert-OH is 2. The van der Waals surface area contributed by atoms with Crippen molar-refractivity contribution in [3.05, 3.63) is 0 Å². The number of hydrogen-bond donors (Lipinski definition) is 2. The molecule has 198 valence electrons. The number of rotatable bonds is 23. The highest BCUT2D eigenvalue weighted by molar-refractivity contribution is 4.87. The monoisotopic (exact) mass is 469 g/mol. The molecule has 0 saturated carbocycles. The quantitative estimate of drug-likeness (QED) is 0.155. The summed E-state index contributed by atoms with van der Waals surface area (Å²) in [6, 6.07) is 0. The number of likely N-dealkylation sites (tertiary alicyclic amines) is 1. The van der Waals surface area contributed by atoms with Crippen LogP contribution in [0.25, 0.3) is 0 Å². The first-order valence-corrected chi connectivity index (χ1v) is 14.9. The van der Waals surface area contributed by atoms with Gasteiger partial charge in [0, 0.05) is 19.7 Å². The minimum absolute atomic E-state index is 0.240. The highest BCUT2D eigenvalue weighted by atomic mass is 16.5. The molecule has 1 aliphatic heterocycles. The molecule has 1 heterocycles. The fourth-order valence-corrected chi connectivity index (χ4v) is 5.04. The van der Waals surface area contributed by atoms with E-state index < -0.39 is 12.2 Å². The van der Waals surface area contributed by atoms with Crippen LogP contribution in [0, 0.1) is 0 Å². The van der Waals surface area contributed by atoms with Crippen molar-refractivity contribution in [2.45, 2.75) is 161 Å². The summed E-state index contributed by atoms with van der Waals surface area (Å²) < 4.78 is 6.02. The standard InChI is InChI=1S/C29H59NO3/c1-3-5-7-9-11-13-15-17-19-21-23-30-25-27(31)29(32)28(26-30)33-24-22-20-18-16-14-12-10-8-6-4-2/h27-29,31-32H,3-26H2,1-2H3/t27-,28+,29+/m1/s1. The van der Waals surface area contributed by atoms with Crippen LogP contribution in [-0.2, 0) is 4.74 Å². The van der Waals surface area contributed by atoms with Crippen molar-refractivity contribution >= 4 is 0 Å². The number of unbranched alkanes of at least 4 members (excludes halogenated alkanes) is 18. The van der Waals surface area contributed by atoms with Crippen molar-refractivity contribution < 1.29 is 14.9 Å². The molecule has 0 radical (unpaired) electrons. The van der Waals surface area contributed by atoms with E-state index in [0.717, 1.165) is 19.5 Å². The minimum atomic E-state index is -0.739. The van der Waals surface area contributed by atoms with Gasteiger partial charge in [0.2, 0.25) is 0 Å². The molecular weight excluding hydrogens is 410 g/mol. The zero-order chi connectivity index (χ0) is 24.0. The zero-order valence-corrected chi connectivity index (χ0v) is 22.5. The Morgan fingerprint density at radius 3 is 1.48 bits per heavy atom. The number of piperidine rings is 1. The van der Waals surface area contributed by atoms with Gasteiger partial charge in [-0.05, 0) is 19.4 Å². The van der Waals surface area contributed by atoms with E-state index >= 15 is 0 Å². The summed E-state index contributed by atoms with van der Waals surface area (Å²) >= 11 is 0. The lowest BCUT2D eigenvalue weighted by molar-refractivity contribution is -0.134. The summed E-state index contributed by atoms with van der Waals surface area (Å²) in [6.07, 6.45) is 24.9. The first-order valence-electron chi connectivity index (χ1n) is 14.9.